The zero-order valence-electron chi connectivity index (χ0n) is 15.5. The molecule has 0 atom stereocenters. The third-order valence-electron chi connectivity index (χ3n) is 3.98. The minimum absolute atomic E-state index is 0.0678. The summed E-state index contributed by atoms with van der Waals surface area (Å²) in [6.45, 7) is 7.00. The number of esters is 1. The molecule has 0 aliphatic carbocycles. The van der Waals surface area contributed by atoms with Crippen LogP contribution >= 0.6 is 0 Å². The van der Waals surface area contributed by atoms with E-state index in [9.17, 15) is 14.4 Å². The number of nitrogens with zero attached hydrogens (tertiary/aromatic N) is 1. The van der Waals surface area contributed by atoms with Gasteiger partial charge in [0.25, 0.3) is 0 Å². The monoisotopic (exact) mass is 364 g/mol. The van der Waals surface area contributed by atoms with Crippen molar-refractivity contribution < 1.29 is 24.2 Å². The maximum atomic E-state index is 12.0. The van der Waals surface area contributed by atoms with Crippen LogP contribution < -0.4 is 5.32 Å². The van der Waals surface area contributed by atoms with E-state index in [0.29, 0.717) is 37.2 Å². The minimum Gasteiger partial charge on any atom is -0.481 e. The Balaban J connectivity index is 2.36. The molecule has 0 radical (unpaired) electrons. The van der Waals surface area contributed by atoms with Gasteiger partial charge in [-0.3, -0.25) is 9.59 Å². The maximum absolute atomic E-state index is 12.0. The first-order valence-corrected chi connectivity index (χ1v) is 8.97. The fourth-order valence-corrected chi connectivity index (χ4v) is 2.37. The lowest BCUT2D eigenvalue weighted by atomic mass is 10.1. The standard InChI is InChI=1S/C19H28N2O5/c1-3-21(4-2)13-14-26-19(25)15-9-11-16(12-10-15)20-17(22)7-5-6-8-18(23)24/h9-12H,3-8,13-14H2,1-2H3,(H,20,22)(H,23,24). The number of carboxylic acids is 1. The number of benzene rings is 1. The van der Waals surface area contributed by atoms with Crippen molar-refractivity contribution in [1.29, 1.82) is 0 Å². The summed E-state index contributed by atoms with van der Waals surface area (Å²) in [6, 6.07) is 6.52. The molecule has 0 aromatic heterocycles. The second kappa shape index (κ2) is 12.0. The Morgan fingerprint density at radius 3 is 2.23 bits per heavy atom. The van der Waals surface area contributed by atoms with Crippen molar-refractivity contribution in [2.45, 2.75) is 39.5 Å². The van der Waals surface area contributed by atoms with E-state index in [1.165, 1.54) is 0 Å². The van der Waals surface area contributed by atoms with E-state index in [-0.39, 0.29) is 24.7 Å². The Labute approximate surface area is 154 Å². The quantitative estimate of drug-likeness (QED) is 0.437. The molecule has 7 heteroatoms. The number of nitrogens with one attached hydrogen (secondary N) is 1. The number of carbonyl (C=O) groups is 3. The fourth-order valence-electron chi connectivity index (χ4n) is 2.37. The van der Waals surface area contributed by atoms with Gasteiger partial charge in [-0.1, -0.05) is 13.8 Å². The summed E-state index contributed by atoms with van der Waals surface area (Å²) in [6.07, 6.45) is 1.33. The van der Waals surface area contributed by atoms with E-state index < -0.39 is 5.97 Å². The molecule has 0 saturated carbocycles. The normalized spacial score (nSPS) is 10.6. The van der Waals surface area contributed by atoms with Crippen LogP contribution in [0.4, 0.5) is 5.69 Å². The van der Waals surface area contributed by atoms with Crippen LogP contribution in [0.1, 0.15) is 49.9 Å². The van der Waals surface area contributed by atoms with E-state index in [1.54, 1.807) is 24.3 Å². The van der Waals surface area contributed by atoms with Gasteiger partial charge in [-0.05, 0) is 50.2 Å². The van der Waals surface area contributed by atoms with E-state index in [1.807, 2.05) is 0 Å². The number of likely N-dealkylation sites (N-methyl/N-ethyl adjacent to an activating group) is 1. The highest BCUT2D eigenvalue weighted by Gasteiger charge is 2.09. The number of aliphatic carboxylic acids is 1. The number of hydrogen-bond acceptors (Lipinski definition) is 5. The van der Waals surface area contributed by atoms with E-state index >= 15 is 0 Å². The molecular formula is C19H28N2O5. The Hall–Kier alpha value is -2.41. The molecule has 2 N–H and O–H groups in total. The number of carbonyl (C=O) groups excluding carboxylic acids is 2. The first-order valence-electron chi connectivity index (χ1n) is 8.97. The van der Waals surface area contributed by atoms with Crippen molar-refractivity contribution in [2.24, 2.45) is 0 Å². The van der Waals surface area contributed by atoms with E-state index in [0.717, 1.165) is 13.1 Å². The number of carboxylic acid groups (broad SMARTS) is 1. The number of anilines is 1. The number of rotatable bonds is 12. The summed E-state index contributed by atoms with van der Waals surface area (Å²) in [4.78, 5) is 36.4. The molecule has 1 amide bonds. The molecule has 1 rings (SSSR count). The summed E-state index contributed by atoms with van der Waals surface area (Å²) in [5, 5.41) is 11.3. The molecule has 144 valence electrons. The SMILES string of the molecule is CCN(CC)CCOC(=O)c1ccc(NC(=O)CCCCC(=O)O)cc1. The summed E-state index contributed by atoms with van der Waals surface area (Å²) in [5.74, 6) is -1.42. The smallest absolute Gasteiger partial charge is 0.338 e. The molecule has 0 bridgehead atoms. The van der Waals surface area contributed by atoms with Crippen molar-refractivity contribution in [1.82, 2.24) is 4.90 Å². The third-order valence-corrected chi connectivity index (χ3v) is 3.98. The molecule has 1 aromatic rings. The van der Waals surface area contributed by atoms with Crippen molar-refractivity contribution in [3.05, 3.63) is 29.8 Å². The van der Waals surface area contributed by atoms with Gasteiger partial charge in [0.1, 0.15) is 6.61 Å². The van der Waals surface area contributed by atoms with Gasteiger partial charge in [0.05, 0.1) is 5.56 Å². The highest BCUT2D eigenvalue weighted by molar-refractivity contribution is 5.93. The van der Waals surface area contributed by atoms with Crippen LogP contribution in [0, 0.1) is 0 Å². The van der Waals surface area contributed by atoms with Gasteiger partial charge < -0.3 is 20.1 Å². The number of unbranched alkanes of at least 4 members (excludes halogenated alkanes) is 1. The average molecular weight is 364 g/mol. The maximum Gasteiger partial charge on any atom is 0.338 e. The molecule has 0 aliphatic heterocycles. The second-order valence-electron chi connectivity index (χ2n) is 5.89. The zero-order chi connectivity index (χ0) is 19.4. The van der Waals surface area contributed by atoms with Crippen molar-refractivity contribution in [3.63, 3.8) is 0 Å². The largest absolute Gasteiger partial charge is 0.481 e. The van der Waals surface area contributed by atoms with Crippen LogP contribution in [0.5, 0.6) is 0 Å². The van der Waals surface area contributed by atoms with E-state index in [4.69, 9.17) is 9.84 Å². The Kier molecular flexibility index (Phi) is 10.0. The van der Waals surface area contributed by atoms with Crippen LogP contribution in [0.15, 0.2) is 24.3 Å². The molecule has 0 unspecified atom stereocenters. The predicted molar refractivity (Wildman–Crippen MR) is 99.2 cm³/mol. The summed E-state index contributed by atoms with van der Waals surface area (Å²) in [5.41, 5.74) is 1.02. The van der Waals surface area contributed by atoms with Crippen LogP contribution in [0.3, 0.4) is 0 Å². The highest BCUT2D eigenvalue weighted by atomic mass is 16.5. The van der Waals surface area contributed by atoms with Gasteiger partial charge in [0.2, 0.25) is 5.91 Å². The molecule has 7 nitrogen and oxygen atoms in total. The van der Waals surface area contributed by atoms with Crippen molar-refractivity contribution in [2.75, 3.05) is 31.6 Å². The zero-order valence-corrected chi connectivity index (χ0v) is 15.5. The molecular weight excluding hydrogens is 336 g/mol. The minimum atomic E-state index is -0.857. The topological polar surface area (TPSA) is 95.9 Å². The highest BCUT2D eigenvalue weighted by Crippen LogP contribution is 2.12. The van der Waals surface area contributed by atoms with E-state index in [2.05, 4.69) is 24.1 Å². The van der Waals surface area contributed by atoms with Crippen LogP contribution in [-0.4, -0.2) is 54.1 Å². The van der Waals surface area contributed by atoms with Gasteiger partial charge in [-0.15, -0.1) is 0 Å². The van der Waals surface area contributed by atoms with Gasteiger partial charge >= 0.3 is 11.9 Å². The third kappa shape index (κ3) is 8.62. The fraction of sp³-hybridized carbons (Fsp3) is 0.526. The predicted octanol–water partition coefficient (Wildman–Crippen LogP) is 2.77. The summed E-state index contributed by atoms with van der Waals surface area (Å²) < 4.78 is 5.25. The average Bonchev–Trinajstić information content (AvgIpc) is 2.62. The number of amides is 1. The molecule has 0 fully saturated rings. The second-order valence-corrected chi connectivity index (χ2v) is 5.89. The van der Waals surface area contributed by atoms with Gasteiger partial charge in [-0.2, -0.15) is 0 Å². The Bertz CT molecular complexity index is 582. The molecule has 0 aliphatic rings. The van der Waals surface area contributed by atoms with Gasteiger partial charge in [-0.25, -0.2) is 4.79 Å². The first kappa shape index (κ1) is 21.6. The molecule has 0 saturated heterocycles. The van der Waals surface area contributed by atoms with Crippen LogP contribution in [0.2, 0.25) is 0 Å². The lowest BCUT2D eigenvalue weighted by Gasteiger charge is -2.17. The number of hydrogen-bond donors (Lipinski definition) is 2. The van der Waals surface area contributed by atoms with Crippen LogP contribution in [-0.2, 0) is 14.3 Å². The Morgan fingerprint density at radius 1 is 1.04 bits per heavy atom. The molecule has 0 spiro atoms. The summed E-state index contributed by atoms with van der Waals surface area (Å²) >= 11 is 0. The molecule has 1 aromatic carbocycles. The van der Waals surface area contributed by atoms with Crippen LogP contribution in [0.25, 0.3) is 0 Å². The molecule has 26 heavy (non-hydrogen) atoms. The van der Waals surface area contributed by atoms with Crippen molar-refractivity contribution in [3.8, 4) is 0 Å². The van der Waals surface area contributed by atoms with Gasteiger partial charge in [0.15, 0.2) is 0 Å². The van der Waals surface area contributed by atoms with Crippen molar-refractivity contribution >= 4 is 23.5 Å². The summed E-state index contributed by atoms with van der Waals surface area (Å²) in [7, 11) is 0. The lowest BCUT2D eigenvalue weighted by molar-refractivity contribution is -0.137. The molecule has 0 heterocycles. The lowest BCUT2D eigenvalue weighted by Crippen LogP contribution is -2.27. The Morgan fingerprint density at radius 2 is 1.65 bits per heavy atom. The van der Waals surface area contributed by atoms with Gasteiger partial charge in [0, 0.05) is 25.1 Å². The number of ether oxygens (including phenoxy) is 1. The first-order chi connectivity index (χ1) is 12.5.